The van der Waals surface area contributed by atoms with Gasteiger partial charge in [-0.15, -0.1) is 0 Å². The van der Waals surface area contributed by atoms with Crippen LogP contribution in [-0.2, 0) is 22.4 Å². The third-order valence-corrected chi connectivity index (χ3v) is 6.02. The minimum absolute atomic E-state index is 0.0718. The van der Waals surface area contributed by atoms with Crippen LogP contribution in [0.15, 0.2) is 54.6 Å². The maximum Gasteiger partial charge on any atom is 0.242 e. The molecule has 154 valence electrons. The number of benzene rings is 2. The summed E-state index contributed by atoms with van der Waals surface area (Å²) in [5, 5.41) is 3.70. The fourth-order valence-corrected chi connectivity index (χ4v) is 4.07. The Kier molecular flexibility index (Phi) is 7.70. The van der Waals surface area contributed by atoms with Crippen LogP contribution in [0.5, 0.6) is 0 Å². The number of amides is 2. The monoisotopic (exact) mass is 412 g/mol. The van der Waals surface area contributed by atoms with Crippen molar-refractivity contribution in [2.24, 2.45) is 0 Å². The van der Waals surface area contributed by atoms with E-state index in [1.807, 2.05) is 55.5 Å². The first-order valence-electron chi connectivity index (χ1n) is 10.4. The van der Waals surface area contributed by atoms with Crippen LogP contribution in [0.2, 0.25) is 5.02 Å². The first-order chi connectivity index (χ1) is 14.0. The highest BCUT2D eigenvalue weighted by Crippen LogP contribution is 2.19. The van der Waals surface area contributed by atoms with Gasteiger partial charge in [-0.25, -0.2) is 0 Å². The molecule has 1 unspecified atom stereocenters. The van der Waals surface area contributed by atoms with Crippen molar-refractivity contribution in [1.29, 1.82) is 0 Å². The number of nitrogens with one attached hydrogen (secondary N) is 1. The van der Waals surface area contributed by atoms with Crippen LogP contribution in [-0.4, -0.2) is 35.3 Å². The van der Waals surface area contributed by atoms with Gasteiger partial charge in [0.2, 0.25) is 11.8 Å². The fourth-order valence-electron chi connectivity index (χ4n) is 3.87. The zero-order valence-corrected chi connectivity index (χ0v) is 17.7. The van der Waals surface area contributed by atoms with Gasteiger partial charge in [0, 0.05) is 17.6 Å². The smallest absolute Gasteiger partial charge is 0.242 e. The van der Waals surface area contributed by atoms with Crippen molar-refractivity contribution in [1.82, 2.24) is 10.2 Å². The largest absolute Gasteiger partial charge is 0.352 e. The summed E-state index contributed by atoms with van der Waals surface area (Å²) >= 11 is 6.25. The van der Waals surface area contributed by atoms with E-state index < -0.39 is 6.04 Å². The second-order valence-electron chi connectivity index (χ2n) is 7.76. The van der Waals surface area contributed by atoms with Crippen LogP contribution in [0.25, 0.3) is 0 Å². The predicted molar refractivity (Wildman–Crippen MR) is 117 cm³/mol. The third kappa shape index (κ3) is 6.07. The first-order valence-corrected chi connectivity index (χ1v) is 10.8. The van der Waals surface area contributed by atoms with Gasteiger partial charge in [-0.2, -0.15) is 0 Å². The SMILES string of the molecule is CC(C(=O)NC1CCCC1)N(CCc1ccccc1)C(=O)Cc1ccccc1Cl. The number of nitrogens with zero attached hydrogens (tertiary/aromatic N) is 1. The van der Waals surface area contributed by atoms with Crippen molar-refractivity contribution in [3.05, 3.63) is 70.7 Å². The average Bonchev–Trinajstić information content (AvgIpc) is 3.23. The summed E-state index contributed by atoms with van der Waals surface area (Å²) in [7, 11) is 0. The molecule has 4 nitrogen and oxygen atoms in total. The summed E-state index contributed by atoms with van der Waals surface area (Å²) in [6.45, 7) is 2.31. The highest BCUT2D eigenvalue weighted by Gasteiger charge is 2.28. The molecular formula is C24H29ClN2O2. The van der Waals surface area contributed by atoms with E-state index in [1.165, 1.54) is 0 Å². The van der Waals surface area contributed by atoms with Crippen molar-refractivity contribution in [2.75, 3.05) is 6.54 Å². The summed E-state index contributed by atoms with van der Waals surface area (Å²) < 4.78 is 0. The van der Waals surface area contributed by atoms with Crippen molar-refractivity contribution < 1.29 is 9.59 Å². The number of hydrogen-bond donors (Lipinski definition) is 1. The number of carbonyl (C=O) groups is 2. The molecule has 1 N–H and O–H groups in total. The van der Waals surface area contributed by atoms with Crippen molar-refractivity contribution in [2.45, 2.75) is 57.5 Å². The molecule has 0 heterocycles. The normalized spacial score (nSPS) is 15.1. The van der Waals surface area contributed by atoms with Gasteiger partial charge in [0.05, 0.1) is 6.42 Å². The molecule has 0 radical (unpaired) electrons. The Morgan fingerprint density at radius 1 is 1.07 bits per heavy atom. The molecular weight excluding hydrogens is 384 g/mol. The number of hydrogen-bond acceptors (Lipinski definition) is 2. The summed E-state index contributed by atoms with van der Waals surface area (Å²) in [4.78, 5) is 27.7. The Hall–Kier alpha value is -2.33. The number of halogens is 1. The van der Waals surface area contributed by atoms with Gasteiger partial charge >= 0.3 is 0 Å². The second kappa shape index (κ2) is 10.4. The van der Waals surface area contributed by atoms with E-state index in [1.54, 1.807) is 11.0 Å². The van der Waals surface area contributed by atoms with Crippen LogP contribution in [0, 0.1) is 0 Å². The van der Waals surface area contributed by atoms with Crippen molar-refractivity contribution in [3.8, 4) is 0 Å². The number of rotatable bonds is 8. The van der Waals surface area contributed by atoms with Gasteiger partial charge in [-0.1, -0.05) is 73.0 Å². The summed E-state index contributed by atoms with van der Waals surface area (Å²) in [5.74, 6) is -0.152. The highest BCUT2D eigenvalue weighted by molar-refractivity contribution is 6.31. The van der Waals surface area contributed by atoms with Gasteiger partial charge in [0.25, 0.3) is 0 Å². The molecule has 0 aromatic heterocycles. The lowest BCUT2D eigenvalue weighted by Gasteiger charge is -2.30. The second-order valence-corrected chi connectivity index (χ2v) is 8.16. The molecule has 29 heavy (non-hydrogen) atoms. The molecule has 1 atom stereocenters. The molecule has 0 spiro atoms. The van der Waals surface area contributed by atoms with Crippen molar-refractivity contribution in [3.63, 3.8) is 0 Å². The Balaban J connectivity index is 1.71. The average molecular weight is 413 g/mol. The Morgan fingerprint density at radius 3 is 2.41 bits per heavy atom. The van der Waals surface area contributed by atoms with Gasteiger partial charge < -0.3 is 10.2 Å². The van der Waals surface area contributed by atoms with E-state index in [0.29, 0.717) is 18.0 Å². The van der Waals surface area contributed by atoms with Crippen LogP contribution < -0.4 is 5.32 Å². The summed E-state index contributed by atoms with van der Waals surface area (Å²) in [5.41, 5.74) is 1.93. The van der Waals surface area contributed by atoms with Gasteiger partial charge in [0.15, 0.2) is 0 Å². The highest BCUT2D eigenvalue weighted by atomic mass is 35.5. The molecule has 2 amide bonds. The lowest BCUT2D eigenvalue weighted by molar-refractivity contribution is -0.139. The molecule has 1 aliphatic carbocycles. The fraction of sp³-hybridized carbons (Fsp3) is 0.417. The maximum atomic E-state index is 13.2. The molecule has 0 saturated heterocycles. The quantitative estimate of drug-likeness (QED) is 0.698. The topological polar surface area (TPSA) is 49.4 Å². The molecule has 0 bridgehead atoms. The molecule has 2 aromatic rings. The van der Waals surface area contributed by atoms with Crippen LogP contribution in [0.3, 0.4) is 0 Å². The standard InChI is InChI=1S/C24H29ClN2O2/c1-18(24(29)26-21-12-6-7-13-21)27(16-15-19-9-3-2-4-10-19)23(28)17-20-11-5-8-14-22(20)25/h2-5,8-11,14,18,21H,6-7,12-13,15-17H2,1H3,(H,26,29). The maximum absolute atomic E-state index is 13.2. The summed E-state index contributed by atoms with van der Waals surface area (Å²) in [6.07, 6.45) is 5.25. The lowest BCUT2D eigenvalue weighted by Crippen LogP contribution is -2.51. The van der Waals surface area contributed by atoms with Crippen LogP contribution >= 0.6 is 11.6 Å². The molecule has 1 aliphatic rings. The Morgan fingerprint density at radius 2 is 1.72 bits per heavy atom. The van der Waals surface area contributed by atoms with E-state index in [4.69, 9.17) is 11.6 Å². The zero-order valence-electron chi connectivity index (χ0n) is 16.9. The van der Waals surface area contributed by atoms with E-state index in [-0.39, 0.29) is 24.3 Å². The van der Waals surface area contributed by atoms with Gasteiger partial charge in [-0.05, 0) is 43.4 Å². The summed E-state index contributed by atoms with van der Waals surface area (Å²) in [6, 6.07) is 17.1. The van der Waals surface area contributed by atoms with E-state index >= 15 is 0 Å². The molecule has 0 aliphatic heterocycles. The minimum atomic E-state index is -0.519. The van der Waals surface area contributed by atoms with E-state index in [0.717, 1.165) is 36.8 Å². The van der Waals surface area contributed by atoms with Gasteiger partial charge in [-0.3, -0.25) is 9.59 Å². The van der Waals surface area contributed by atoms with Crippen LogP contribution in [0.1, 0.15) is 43.7 Å². The Labute approximate surface area is 178 Å². The van der Waals surface area contributed by atoms with Gasteiger partial charge in [0.1, 0.15) is 6.04 Å². The predicted octanol–water partition coefficient (Wildman–Crippen LogP) is 4.40. The van der Waals surface area contributed by atoms with E-state index in [9.17, 15) is 9.59 Å². The molecule has 2 aromatic carbocycles. The molecule has 1 saturated carbocycles. The molecule has 3 rings (SSSR count). The Bertz CT molecular complexity index is 819. The van der Waals surface area contributed by atoms with Crippen LogP contribution in [0.4, 0.5) is 0 Å². The minimum Gasteiger partial charge on any atom is -0.352 e. The third-order valence-electron chi connectivity index (χ3n) is 5.65. The molecule has 1 fully saturated rings. The van der Waals surface area contributed by atoms with Crippen molar-refractivity contribution >= 4 is 23.4 Å². The lowest BCUT2D eigenvalue weighted by atomic mass is 10.1. The number of carbonyl (C=O) groups excluding carboxylic acids is 2. The zero-order chi connectivity index (χ0) is 20.6. The molecule has 5 heteroatoms. The van der Waals surface area contributed by atoms with E-state index in [2.05, 4.69) is 5.32 Å². The first kappa shape index (κ1) is 21.4.